The van der Waals surface area contributed by atoms with Crippen LogP contribution in [0.2, 0.25) is 0 Å². The summed E-state index contributed by atoms with van der Waals surface area (Å²) >= 11 is 3.43. The van der Waals surface area contributed by atoms with Crippen molar-refractivity contribution >= 4 is 33.4 Å². The van der Waals surface area contributed by atoms with Gasteiger partial charge >= 0.3 is 0 Å². The lowest BCUT2D eigenvalue weighted by atomic mass is 10.1. The molecule has 0 aliphatic heterocycles. The number of nitrogens with one attached hydrogen (secondary N) is 1. The molecule has 0 aromatic heterocycles. The number of rotatable bonds is 9. The Hall–Kier alpha value is -2.34. The Bertz CT molecular complexity index is 850. The Morgan fingerprint density at radius 3 is 2.59 bits per heavy atom. The maximum atomic E-state index is 12.9. The van der Waals surface area contributed by atoms with E-state index in [9.17, 15) is 9.59 Å². The van der Waals surface area contributed by atoms with E-state index in [1.807, 2.05) is 36.4 Å². The van der Waals surface area contributed by atoms with Crippen LogP contribution in [0.15, 0.2) is 46.9 Å². The number of anilines is 1. The Morgan fingerprint density at radius 1 is 1.14 bits per heavy atom. The number of hydrogen-bond acceptors (Lipinski definition) is 3. The molecule has 2 aromatic rings. The van der Waals surface area contributed by atoms with E-state index in [2.05, 4.69) is 35.1 Å². The van der Waals surface area contributed by atoms with E-state index < -0.39 is 0 Å². The normalized spacial score (nSPS) is 10.7. The molecule has 2 rings (SSSR count). The van der Waals surface area contributed by atoms with Crippen molar-refractivity contribution in [3.05, 3.63) is 58.1 Å². The Balaban J connectivity index is 2.09. The first-order valence-corrected chi connectivity index (χ1v) is 10.6. The first-order valence-electron chi connectivity index (χ1n) is 9.79. The quantitative estimate of drug-likeness (QED) is 0.562. The number of carbonyl (C=O) groups is 2. The van der Waals surface area contributed by atoms with Crippen LogP contribution in [0.25, 0.3) is 0 Å². The first-order chi connectivity index (χ1) is 13.8. The van der Waals surface area contributed by atoms with Crippen LogP contribution in [0.4, 0.5) is 5.69 Å². The molecule has 2 amide bonds. The number of halogens is 1. The average Bonchev–Trinajstić information content (AvgIpc) is 2.67. The summed E-state index contributed by atoms with van der Waals surface area (Å²) in [5.74, 6) is 0.952. The largest absolute Gasteiger partial charge is 0.493 e. The molecule has 0 spiro atoms. The summed E-state index contributed by atoms with van der Waals surface area (Å²) in [6, 6.07) is 13.0. The molecule has 0 aliphatic carbocycles. The third kappa shape index (κ3) is 7.54. The third-order valence-corrected chi connectivity index (χ3v) is 4.94. The lowest BCUT2D eigenvalue weighted by Gasteiger charge is -2.14. The molecule has 0 saturated carbocycles. The minimum Gasteiger partial charge on any atom is -0.493 e. The minimum atomic E-state index is -0.229. The highest BCUT2D eigenvalue weighted by molar-refractivity contribution is 9.10. The van der Waals surface area contributed by atoms with E-state index in [1.165, 1.54) is 0 Å². The van der Waals surface area contributed by atoms with Crippen molar-refractivity contribution in [2.45, 2.75) is 33.1 Å². The van der Waals surface area contributed by atoms with Crippen LogP contribution < -0.4 is 10.1 Å². The van der Waals surface area contributed by atoms with Gasteiger partial charge in [-0.25, -0.2) is 0 Å². The molecule has 6 heteroatoms. The molecule has 0 bridgehead atoms. The second-order valence-corrected chi connectivity index (χ2v) is 8.53. The highest BCUT2D eigenvalue weighted by Crippen LogP contribution is 2.25. The maximum absolute atomic E-state index is 12.9. The zero-order chi connectivity index (χ0) is 21.4. The van der Waals surface area contributed by atoms with Crippen LogP contribution >= 0.6 is 15.9 Å². The van der Waals surface area contributed by atoms with Gasteiger partial charge in [0.2, 0.25) is 5.91 Å². The predicted octanol–water partition coefficient (Wildman–Crippen LogP) is 5.15. The highest BCUT2D eigenvalue weighted by atomic mass is 79.9. The van der Waals surface area contributed by atoms with Crippen LogP contribution in [0.1, 0.15) is 42.6 Å². The van der Waals surface area contributed by atoms with Gasteiger partial charge in [0.25, 0.3) is 5.91 Å². The van der Waals surface area contributed by atoms with Crippen molar-refractivity contribution in [3.63, 3.8) is 0 Å². The molecule has 29 heavy (non-hydrogen) atoms. The number of ether oxygens (including phenoxy) is 1. The van der Waals surface area contributed by atoms with Gasteiger partial charge in [0.05, 0.1) is 12.2 Å². The van der Waals surface area contributed by atoms with Crippen LogP contribution in [0, 0.1) is 5.92 Å². The molecule has 0 fully saturated rings. The summed E-state index contributed by atoms with van der Waals surface area (Å²) in [4.78, 5) is 26.3. The third-order valence-electron chi connectivity index (χ3n) is 4.45. The zero-order valence-corrected chi connectivity index (χ0v) is 19.1. The SMILES string of the molecule is CC(C)CCOc1ccc(Br)cc1C(=O)Nc1cccc(CCC(=O)N(C)C)c1. The standard InChI is InChI=1S/C23H29BrN2O3/c1-16(2)12-13-29-21-10-9-18(24)15-20(21)23(28)25-19-7-5-6-17(14-19)8-11-22(27)26(3)4/h5-7,9-10,14-16H,8,11-13H2,1-4H3,(H,25,28). The fourth-order valence-corrected chi connectivity index (χ4v) is 3.05. The van der Waals surface area contributed by atoms with Gasteiger partial charge in [0.1, 0.15) is 5.75 Å². The zero-order valence-electron chi connectivity index (χ0n) is 17.5. The summed E-state index contributed by atoms with van der Waals surface area (Å²) in [5.41, 5.74) is 2.18. The van der Waals surface area contributed by atoms with E-state index in [0.717, 1.165) is 16.5 Å². The van der Waals surface area contributed by atoms with Crippen LogP contribution in [0.5, 0.6) is 5.75 Å². The number of nitrogens with zero attached hydrogens (tertiary/aromatic N) is 1. The number of benzene rings is 2. The van der Waals surface area contributed by atoms with E-state index in [0.29, 0.717) is 42.4 Å². The molecule has 5 nitrogen and oxygen atoms in total. The van der Waals surface area contributed by atoms with E-state index in [4.69, 9.17) is 4.74 Å². The number of aryl methyl sites for hydroxylation is 1. The van der Waals surface area contributed by atoms with E-state index >= 15 is 0 Å². The smallest absolute Gasteiger partial charge is 0.259 e. The van der Waals surface area contributed by atoms with Gasteiger partial charge in [0.15, 0.2) is 0 Å². The lowest BCUT2D eigenvalue weighted by molar-refractivity contribution is -0.128. The maximum Gasteiger partial charge on any atom is 0.259 e. The van der Waals surface area contributed by atoms with Crippen LogP contribution in [-0.2, 0) is 11.2 Å². The van der Waals surface area contributed by atoms with Gasteiger partial charge in [-0.15, -0.1) is 0 Å². The number of hydrogen-bond donors (Lipinski definition) is 1. The van der Waals surface area contributed by atoms with Gasteiger partial charge in [-0.2, -0.15) is 0 Å². The molecule has 0 atom stereocenters. The van der Waals surface area contributed by atoms with Gasteiger partial charge in [-0.1, -0.05) is 41.9 Å². The van der Waals surface area contributed by atoms with Crippen molar-refractivity contribution in [1.82, 2.24) is 4.90 Å². The minimum absolute atomic E-state index is 0.0803. The number of carbonyl (C=O) groups excluding carboxylic acids is 2. The average molecular weight is 461 g/mol. The van der Waals surface area contributed by atoms with Crippen molar-refractivity contribution in [3.8, 4) is 5.75 Å². The van der Waals surface area contributed by atoms with Gasteiger partial charge in [-0.3, -0.25) is 9.59 Å². The van der Waals surface area contributed by atoms with Crippen molar-refractivity contribution in [1.29, 1.82) is 0 Å². The van der Waals surface area contributed by atoms with Crippen LogP contribution in [0.3, 0.4) is 0 Å². The van der Waals surface area contributed by atoms with Crippen LogP contribution in [-0.4, -0.2) is 37.4 Å². The van der Waals surface area contributed by atoms with Crippen molar-refractivity contribution in [2.75, 3.05) is 26.0 Å². The molecule has 0 aliphatic rings. The number of amides is 2. The monoisotopic (exact) mass is 460 g/mol. The molecule has 1 N–H and O–H groups in total. The van der Waals surface area contributed by atoms with Crippen molar-refractivity contribution < 1.29 is 14.3 Å². The fourth-order valence-electron chi connectivity index (χ4n) is 2.69. The summed E-state index contributed by atoms with van der Waals surface area (Å²) in [7, 11) is 3.50. The second kappa shape index (κ2) is 11.0. The van der Waals surface area contributed by atoms with Gasteiger partial charge < -0.3 is 15.0 Å². The van der Waals surface area contributed by atoms with Gasteiger partial charge in [0, 0.05) is 30.7 Å². The summed E-state index contributed by atoms with van der Waals surface area (Å²) in [6.07, 6.45) is 1.98. The first kappa shape index (κ1) is 22.9. The Kier molecular flexibility index (Phi) is 8.70. The molecule has 0 saturated heterocycles. The van der Waals surface area contributed by atoms with Gasteiger partial charge in [-0.05, 0) is 54.7 Å². The Morgan fingerprint density at radius 2 is 1.90 bits per heavy atom. The lowest BCUT2D eigenvalue weighted by Crippen LogP contribution is -2.21. The van der Waals surface area contributed by atoms with E-state index in [-0.39, 0.29) is 11.8 Å². The highest BCUT2D eigenvalue weighted by Gasteiger charge is 2.14. The second-order valence-electron chi connectivity index (χ2n) is 7.61. The fraction of sp³-hybridized carbons (Fsp3) is 0.391. The molecule has 0 radical (unpaired) electrons. The van der Waals surface area contributed by atoms with E-state index in [1.54, 1.807) is 25.1 Å². The Labute approximate surface area is 181 Å². The molecular formula is C23H29BrN2O3. The summed E-state index contributed by atoms with van der Waals surface area (Å²) in [5, 5.41) is 2.94. The summed E-state index contributed by atoms with van der Waals surface area (Å²) in [6.45, 7) is 4.84. The predicted molar refractivity (Wildman–Crippen MR) is 121 cm³/mol. The molecule has 2 aromatic carbocycles. The summed E-state index contributed by atoms with van der Waals surface area (Å²) < 4.78 is 6.66. The molecule has 0 unspecified atom stereocenters. The molecule has 0 heterocycles. The molecular weight excluding hydrogens is 432 g/mol. The topological polar surface area (TPSA) is 58.6 Å². The molecule has 156 valence electrons. The van der Waals surface area contributed by atoms with Crippen molar-refractivity contribution in [2.24, 2.45) is 5.92 Å².